The van der Waals surface area contributed by atoms with Crippen LogP contribution in [-0.2, 0) is 0 Å². The zero-order chi connectivity index (χ0) is 4.83. The molecule has 34 valence electrons. The van der Waals surface area contributed by atoms with Gasteiger partial charge in [0.05, 0.1) is 0 Å². The van der Waals surface area contributed by atoms with E-state index in [0.717, 1.165) is 0 Å². The first-order valence-corrected chi connectivity index (χ1v) is 2.79. The summed E-state index contributed by atoms with van der Waals surface area (Å²) in [7, 11) is 0. The van der Waals surface area contributed by atoms with Gasteiger partial charge in [0.15, 0.2) is 0 Å². The minimum atomic E-state index is 1.44. The van der Waals surface area contributed by atoms with Crippen LogP contribution in [0.15, 0.2) is 22.7 Å². The van der Waals surface area contributed by atoms with Gasteiger partial charge in [-0.1, -0.05) is 39.7 Å². The Labute approximate surface area is 50.6 Å². The molecular formula is C4H4BrCl. The Kier molecular flexibility index (Phi) is 5.47. The largest absolute Gasteiger partial charge is 0.0930 e. The van der Waals surface area contributed by atoms with E-state index in [0.29, 0.717) is 0 Å². The van der Waals surface area contributed by atoms with Gasteiger partial charge in [0.1, 0.15) is 0 Å². The van der Waals surface area contributed by atoms with Crippen molar-refractivity contribution in [3.05, 3.63) is 22.7 Å². The maximum Gasteiger partial charge on any atom is 0.00426 e. The molecule has 0 fully saturated rings. The first kappa shape index (κ1) is 6.25. The number of halogens is 2. The summed E-state index contributed by atoms with van der Waals surface area (Å²) in [5, 5.41) is 0. The molecule has 0 heterocycles. The van der Waals surface area contributed by atoms with E-state index in [4.69, 9.17) is 11.6 Å². The van der Waals surface area contributed by atoms with Crippen LogP contribution in [0.4, 0.5) is 0 Å². The van der Waals surface area contributed by atoms with Crippen molar-refractivity contribution in [3.63, 3.8) is 0 Å². The Morgan fingerprint density at radius 1 is 1.33 bits per heavy atom. The van der Waals surface area contributed by atoms with Gasteiger partial charge >= 0.3 is 0 Å². The molecule has 0 N–H and O–H groups in total. The third-order valence-corrected chi connectivity index (χ3v) is 0.707. The standard InChI is InChI=1S/C4H4BrCl/c5-3-1-2-4-6/h1-4H/b3-1+,4-2-. The van der Waals surface area contributed by atoms with Crippen LogP contribution < -0.4 is 0 Å². The first-order chi connectivity index (χ1) is 2.91. The van der Waals surface area contributed by atoms with Crippen LogP contribution in [0.25, 0.3) is 0 Å². The second-order valence-corrected chi connectivity index (χ2v) is 1.42. The molecule has 0 unspecified atom stereocenters. The smallest absolute Gasteiger partial charge is 0.00426 e. The average Bonchev–Trinajstić information content (AvgIpc) is 1.61. The molecule has 0 aliphatic heterocycles. The van der Waals surface area contributed by atoms with Crippen LogP contribution in [0.5, 0.6) is 0 Å². The van der Waals surface area contributed by atoms with Crippen LogP contribution in [-0.4, -0.2) is 0 Å². The summed E-state index contributed by atoms with van der Waals surface area (Å²) in [6, 6.07) is 0. The Hall–Kier alpha value is 0.250. The summed E-state index contributed by atoms with van der Waals surface area (Å²) in [6.45, 7) is 0. The Bertz CT molecular complexity index is 55.9. The number of rotatable bonds is 1. The third-order valence-electron chi connectivity index (χ3n) is 0.257. The molecular weight excluding hydrogens is 163 g/mol. The summed E-state index contributed by atoms with van der Waals surface area (Å²) in [5.41, 5.74) is 1.44. The molecule has 0 amide bonds. The van der Waals surface area contributed by atoms with Gasteiger partial charge in [0.2, 0.25) is 0 Å². The predicted molar refractivity (Wildman–Crippen MR) is 33.1 cm³/mol. The van der Waals surface area contributed by atoms with Crippen LogP contribution in [0.2, 0.25) is 0 Å². The van der Waals surface area contributed by atoms with E-state index in [1.165, 1.54) is 5.54 Å². The van der Waals surface area contributed by atoms with Crippen LogP contribution in [0.3, 0.4) is 0 Å². The molecule has 0 aromatic carbocycles. The second kappa shape index (κ2) is 5.25. The summed E-state index contributed by atoms with van der Waals surface area (Å²) in [5.74, 6) is 0. The average molecular weight is 167 g/mol. The monoisotopic (exact) mass is 166 g/mol. The predicted octanol–water partition coefficient (Wildman–Crippen LogP) is 2.65. The molecule has 0 aliphatic carbocycles. The fourth-order valence-corrected chi connectivity index (χ4v) is 0.344. The van der Waals surface area contributed by atoms with Crippen molar-refractivity contribution in [2.45, 2.75) is 0 Å². The topological polar surface area (TPSA) is 0 Å². The fraction of sp³-hybridized carbons (Fsp3) is 0. The van der Waals surface area contributed by atoms with E-state index in [1.807, 2.05) is 0 Å². The second-order valence-electron chi connectivity index (χ2n) is 0.637. The summed E-state index contributed by atoms with van der Waals surface area (Å²) >= 11 is 8.19. The van der Waals surface area contributed by atoms with Gasteiger partial charge in [-0.05, 0) is 4.99 Å². The van der Waals surface area contributed by atoms with Crippen LogP contribution in [0, 0.1) is 0 Å². The number of hydrogen-bond donors (Lipinski definition) is 0. The quantitative estimate of drug-likeness (QED) is 0.527. The Morgan fingerprint density at radius 3 is 2.17 bits per heavy atom. The lowest BCUT2D eigenvalue weighted by molar-refractivity contribution is 2.10. The maximum absolute atomic E-state index is 5.13. The lowest BCUT2D eigenvalue weighted by Gasteiger charge is -1.59. The number of allylic oxidation sites excluding steroid dienone is 2. The van der Waals surface area contributed by atoms with Crippen LogP contribution >= 0.6 is 27.5 Å². The van der Waals surface area contributed by atoms with Gasteiger partial charge in [-0.2, -0.15) is 0 Å². The molecule has 0 atom stereocenters. The Balaban J connectivity index is 3.07. The highest BCUT2D eigenvalue weighted by molar-refractivity contribution is 9.11. The van der Waals surface area contributed by atoms with E-state index >= 15 is 0 Å². The highest BCUT2D eigenvalue weighted by atomic mass is 79.9. The summed E-state index contributed by atoms with van der Waals surface area (Å²) in [4.78, 5) is 1.73. The Morgan fingerprint density at radius 2 is 2.00 bits per heavy atom. The van der Waals surface area contributed by atoms with Crippen molar-refractivity contribution in [1.29, 1.82) is 0 Å². The minimum Gasteiger partial charge on any atom is -0.0930 e. The molecule has 0 aromatic heterocycles. The zero-order valence-electron chi connectivity index (χ0n) is 3.07. The van der Waals surface area contributed by atoms with Crippen molar-refractivity contribution in [2.75, 3.05) is 0 Å². The molecule has 6 heavy (non-hydrogen) atoms. The molecule has 0 aliphatic rings. The normalized spacial score (nSPS) is 11.7. The molecule has 0 radical (unpaired) electrons. The molecule has 0 saturated carbocycles. The van der Waals surface area contributed by atoms with Crippen molar-refractivity contribution >= 4 is 27.5 Å². The van der Waals surface area contributed by atoms with Crippen molar-refractivity contribution in [1.82, 2.24) is 0 Å². The highest BCUT2D eigenvalue weighted by Crippen LogP contribution is 1.84. The molecule has 0 spiro atoms. The molecule has 0 aromatic rings. The molecule has 2 heteroatoms. The van der Waals surface area contributed by atoms with Crippen molar-refractivity contribution < 1.29 is 0 Å². The van der Waals surface area contributed by atoms with E-state index in [-0.39, 0.29) is 0 Å². The van der Waals surface area contributed by atoms with Gasteiger partial charge in [0, 0.05) is 5.54 Å². The van der Waals surface area contributed by atoms with Gasteiger partial charge < -0.3 is 0 Å². The highest BCUT2D eigenvalue weighted by Gasteiger charge is 1.51. The van der Waals surface area contributed by atoms with E-state index in [2.05, 4.69) is 15.9 Å². The van der Waals surface area contributed by atoms with Crippen molar-refractivity contribution in [2.24, 2.45) is 0 Å². The maximum atomic E-state index is 5.13. The van der Waals surface area contributed by atoms with E-state index in [9.17, 15) is 0 Å². The molecule has 0 nitrogen and oxygen atoms in total. The van der Waals surface area contributed by atoms with Crippen molar-refractivity contribution in [3.8, 4) is 0 Å². The van der Waals surface area contributed by atoms with Gasteiger partial charge in [-0.25, -0.2) is 0 Å². The minimum absolute atomic E-state index is 1.44. The fourth-order valence-electron chi connectivity index (χ4n) is 0.0840. The number of hydrogen-bond acceptors (Lipinski definition) is 0. The lowest BCUT2D eigenvalue weighted by atomic mass is 10.6. The molecule has 0 bridgehead atoms. The zero-order valence-corrected chi connectivity index (χ0v) is 5.41. The molecule has 0 saturated heterocycles. The van der Waals surface area contributed by atoms with Gasteiger partial charge in [-0.3, -0.25) is 0 Å². The lowest BCUT2D eigenvalue weighted by Crippen LogP contribution is -1.34. The van der Waals surface area contributed by atoms with Crippen LogP contribution in [0.1, 0.15) is 0 Å². The SMILES string of the molecule is Cl/C=C\C=C\Br. The van der Waals surface area contributed by atoms with E-state index < -0.39 is 0 Å². The third kappa shape index (κ3) is 4.25. The van der Waals surface area contributed by atoms with E-state index in [1.54, 1.807) is 17.1 Å². The summed E-state index contributed by atoms with van der Waals surface area (Å²) < 4.78 is 0. The molecule has 0 rings (SSSR count). The van der Waals surface area contributed by atoms with Gasteiger partial charge in [-0.15, -0.1) is 0 Å². The first-order valence-electron chi connectivity index (χ1n) is 1.44. The summed E-state index contributed by atoms with van der Waals surface area (Å²) in [6.07, 6.45) is 3.50. The van der Waals surface area contributed by atoms with Gasteiger partial charge in [0.25, 0.3) is 0 Å².